The highest BCUT2D eigenvalue weighted by Gasteiger charge is 2.27. The predicted octanol–water partition coefficient (Wildman–Crippen LogP) is 3.67. The summed E-state index contributed by atoms with van der Waals surface area (Å²) in [5, 5.41) is 0.507. The predicted molar refractivity (Wildman–Crippen MR) is 91.2 cm³/mol. The maximum absolute atomic E-state index is 12.3. The number of Topliss-reactive ketones (excluding diaryl/α,β-unsaturated/α-hetero) is 1. The van der Waals surface area contributed by atoms with Crippen molar-refractivity contribution in [3.63, 3.8) is 0 Å². The number of esters is 2. The number of benzene rings is 2. The Bertz CT molecular complexity index is 883. The third kappa shape index (κ3) is 3.61. The second-order valence-corrected chi connectivity index (χ2v) is 5.83. The number of halogens is 1. The van der Waals surface area contributed by atoms with E-state index in [4.69, 9.17) is 21.1 Å². The van der Waals surface area contributed by atoms with Crippen LogP contribution in [0.1, 0.15) is 33.2 Å². The number of carbonyl (C=O) groups is 3. The van der Waals surface area contributed by atoms with E-state index in [0.717, 1.165) is 6.08 Å². The van der Waals surface area contributed by atoms with Gasteiger partial charge in [0.15, 0.2) is 6.10 Å². The number of rotatable bonds is 4. The van der Waals surface area contributed by atoms with Crippen LogP contribution in [-0.2, 0) is 14.3 Å². The van der Waals surface area contributed by atoms with E-state index in [1.807, 2.05) is 0 Å². The van der Waals surface area contributed by atoms with Crippen LogP contribution in [0.15, 0.2) is 54.6 Å². The van der Waals surface area contributed by atoms with Crippen molar-refractivity contribution >= 4 is 35.1 Å². The molecule has 3 rings (SSSR count). The quantitative estimate of drug-likeness (QED) is 0.475. The van der Waals surface area contributed by atoms with E-state index in [1.54, 1.807) is 48.5 Å². The highest BCUT2D eigenvalue weighted by atomic mass is 35.5. The van der Waals surface area contributed by atoms with Crippen LogP contribution in [0.5, 0.6) is 0 Å². The minimum atomic E-state index is -0.988. The monoisotopic (exact) mass is 356 g/mol. The topological polar surface area (TPSA) is 69.7 Å². The van der Waals surface area contributed by atoms with Crippen molar-refractivity contribution < 1.29 is 23.9 Å². The molecule has 0 aliphatic carbocycles. The number of hydrogen-bond donors (Lipinski definition) is 0. The van der Waals surface area contributed by atoms with Gasteiger partial charge in [0, 0.05) is 16.1 Å². The maximum atomic E-state index is 12.3. The van der Waals surface area contributed by atoms with Gasteiger partial charge < -0.3 is 9.47 Å². The molecule has 2 aromatic carbocycles. The molecular weight excluding hydrogens is 344 g/mol. The van der Waals surface area contributed by atoms with Gasteiger partial charge >= 0.3 is 11.9 Å². The number of hydrogen-bond acceptors (Lipinski definition) is 5. The molecule has 0 saturated heterocycles. The van der Waals surface area contributed by atoms with Crippen LogP contribution in [0.3, 0.4) is 0 Å². The van der Waals surface area contributed by atoms with Gasteiger partial charge in [-0.1, -0.05) is 29.8 Å². The van der Waals surface area contributed by atoms with E-state index in [1.165, 1.54) is 6.92 Å². The molecule has 126 valence electrons. The van der Waals surface area contributed by atoms with E-state index in [0.29, 0.717) is 21.7 Å². The third-order valence-electron chi connectivity index (χ3n) is 3.65. The van der Waals surface area contributed by atoms with Crippen LogP contribution in [0, 0.1) is 0 Å². The molecular formula is C19H13ClO5. The zero-order chi connectivity index (χ0) is 18.0. The van der Waals surface area contributed by atoms with Gasteiger partial charge in [0.1, 0.15) is 5.76 Å². The Morgan fingerprint density at radius 2 is 1.72 bits per heavy atom. The molecule has 1 atom stereocenters. The first-order valence-corrected chi connectivity index (χ1v) is 7.87. The average Bonchev–Trinajstić information content (AvgIpc) is 2.91. The van der Waals surface area contributed by atoms with Crippen molar-refractivity contribution in [2.24, 2.45) is 0 Å². The van der Waals surface area contributed by atoms with Crippen LogP contribution in [0.2, 0.25) is 5.02 Å². The lowest BCUT2D eigenvalue weighted by atomic mass is 10.1. The van der Waals surface area contributed by atoms with Crippen molar-refractivity contribution in [1.82, 2.24) is 0 Å². The van der Waals surface area contributed by atoms with Crippen molar-refractivity contribution in [2.75, 3.05) is 0 Å². The number of fused-ring (bicyclic) bond motifs is 1. The summed E-state index contributed by atoms with van der Waals surface area (Å²) in [5.41, 5.74) is 1.28. The van der Waals surface area contributed by atoms with Crippen LogP contribution < -0.4 is 0 Å². The summed E-state index contributed by atoms with van der Waals surface area (Å²) in [6.45, 7) is 1.47. The van der Waals surface area contributed by atoms with Crippen molar-refractivity contribution in [2.45, 2.75) is 13.0 Å². The largest absolute Gasteiger partial charge is 0.451 e. The molecule has 25 heavy (non-hydrogen) atoms. The molecule has 1 heterocycles. The standard InChI is InChI=1S/C19H13ClO5/c1-11(18(22)12-6-8-13(20)9-7-12)24-17(21)10-16-14-4-2-3-5-15(14)19(23)25-16/h2-11H,1H3/b16-10-. The fraction of sp³-hybridized carbons (Fsp3) is 0.105. The van der Waals surface area contributed by atoms with Gasteiger partial charge in [-0.3, -0.25) is 4.79 Å². The van der Waals surface area contributed by atoms with Gasteiger partial charge in [-0.15, -0.1) is 0 Å². The van der Waals surface area contributed by atoms with Gasteiger partial charge in [-0.2, -0.15) is 0 Å². The molecule has 0 spiro atoms. The van der Waals surface area contributed by atoms with Crippen molar-refractivity contribution in [3.8, 4) is 0 Å². The fourth-order valence-electron chi connectivity index (χ4n) is 2.41. The molecule has 1 aliphatic rings. The molecule has 5 nitrogen and oxygen atoms in total. The van der Waals surface area contributed by atoms with Gasteiger partial charge in [0.25, 0.3) is 0 Å². The Balaban J connectivity index is 1.71. The van der Waals surface area contributed by atoms with E-state index in [-0.39, 0.29) is 11.5 Å². The van der Waals surface area contributed by atoms with E-state index in [2.05, 4.69) is 0 Å². The summed E-state index contributed by atoms with van der Waals surface area (Å²) < 4.78 is 10.2. The lowest BCUT2D eigenvalue weighted by molar-refractivity contribution is -0.140. The Kier molecular flexibility index (Phi) is 4.67. The minimum Gasteiger partial charge on any atom is -0.451 e. The molecule has 0 amide bonds. The van der Waals surface area contributed by atoms with Gasteiger partial charge in [0.05, 0.1) is 11.6 Å². The van der Waals surface area contributed by atoms with Crippen molar-refractivity contribution in [1.29, 1.82) is 0 Å². The first-order chi connectivity index (χ1) is 12.0. The van der Waals surface area contributed by atoms with Gasteiger partial charge in [-0.25, -0.2) is 9.59 Å². The summed E-state index contributed by atoms with van der Waals surface area (Å²) >= 11 is 5.78. The molecule has 1 unspecified atom stereocenters. The first-order valence-electron chi connectivity index (χ1n) is 7.49. The Labute approximate surface area is 148 Å². The zero-order valence-electron chi connectivity index (χ0n) is 13.2. The third-order valence-corrected chi connectivity index (χ3v) is 3.91. The van der Waals surface area contributed by atoms with Crippen LogP contribution in [0.25, 0.3) is 5.76 Å². The Morgan fingerprint density at radius 3 is 2.40 bits per heavy atom. The second kappa shape index (κ2) is 6.91. The maximum Gasteiger partial charge on any atom is 0.344 e. The smallest absolute Gasteiger partial charge is 0.344 e. The Hall–Kier alpha value is -2.92. The van der Waals surface area contributed by atoms with Crippen molar-refractivity contribution in [3.05, 3.63) is 76.3 Å². The summed E-state index contributed by atoms with van der Waals surface area (Å²) in [7, 11) is 0. The lowest BCUT2D eigenvalue weighted by Crippen LogP contribution is -2.23. The van der Waals surface area contributed by atoms with E-state index in [9.17, 15) is 14.4 Å². The van der Waals surface area contributed by atoms with Gasteiger partial charge in [-0.05, 0) is 37.3 Å². The summed E-state index contributed by atoms with van der Waals surface area (Å²) in [5.74, 6) is -1.54. The van der Waals surface area contributed by atoms with Crippen LogP contribution >= 0.6 is 11.6 Å². The molecule has 0 saturated carbocycles. The second-order valence-electron chi connectivity index (χ2n) is 5.39. The highest BCUT2D eigenvalue weighted by molar-refractivity contribution is 6.30. The number of cyclic esters (lactones) is 1. The minimum absolute atomic E-state index is 0.108. The molecule has 0 fully saturated rings. The van der Waals surface area contributed by atoms with Crippen LogP contribution in [-0.4, -0.2) is 23.8 Å². The summed E-state index contributed by atoms with van der Waals surface area (Å²) in [4.78, 5) is 36.0. The molecule has 0 radical (unpaired) electrons. The van der Waals surface area contributed by atoms with Crippen LogP contribution in [0.4, 0.5) is 0 Å². The Morgan fingerprint density at radius 1 is 1.08 bits per heavy atom. The zero-order valence-corrected chi connectivity index (χ0v) is 13.9. The first kappa shape index (κ1) is 16.9. The van der Waals surface area contributed by atoms with Gasteiger partial charge in [0.2, 0.25) is 5.78 Å². The normalized spacial score (nSPS) is 15.4. The summed E-state index contributed by atoms with van der Waals surface area (Å²) in [6.07, 6.45) is 0.0768. The molecule has 0 bridgehead atoms. The fourth-order valence-corrected chi connectivity index (χ4v) is 2.54. The molecule has 0 N–H and O–H groups in total. The highest BCUT2D eigenvalue weighted by Crippen LogP contribution is 2.29. The molecule has 6 heteroatoms. The lowest BCUT2D eigenvalue weighted by Gasteiger charge is -2.11. The number of carbonyl (C=O) groups excluding carboxylic acids is 3. The molecule has 2 aromatic rings. The SMILES string of the molecule is CC(OC(=O)/C=C1\OC(=O)c2ccccc21)C(=O)c1ccc(Cl)cc1. The summed E-state index contributed by atoms with van der Waals surface area (Å²) in [6, 6.07) is 13.0. The van der Waals surface area contributed by atoms with E-state index < -0.39 is 18.0 Å². The molecule has 1 aliphatic heterocycles. The molecule has 0 aromatic heterocycles. The van der Waals surface area contributed by atoms with E-state index >= 15 is 0 Å². The number of ether oxygens (including phenoxy) is 2. The average molecular weight is 357 g/mol. The number of ketones is 1.